The second-order valence-corrected chi connectivity index (χ2v) is 4.91. The van der Waals surface area contributed by atoms with Crippen LogP contribution in [0.3, 0.4) is 0 Å². The standard InChI is InChI=1S/C15H15N3O2/c1-9-6-4-5-7-10(9)12-13(19)11-8-16-18(3)14(11)17(2)15(12)20/h4-8,19H,1-3H3. The maximum atomic E-state index is 12.6. The number of hydrogen-bond donors (Lipinski definition) is 1. The van der Waals surface area contributed by atoms with Crippen LogP contribution in [0.5, 0.6) is 5.75 Å². The Balaban J connectivity index is 2.50. The van der Waals surface area contributed by atoms with Gasteiger partial charge in [0, 0.05) is 14.1 Å². The fraction of sp³-hybridized carbons (Fsp3) is 0.200. The lowest BCUT2D eigenvalue weighted by Gasteiger charge is -2.11. The van der Waals surface area contributed by atoms with Crippen molar-refractivity contribution in [2.45, 2.75) is 6.92 Å². The normalized spacial score (nSPS) is 11.2. The number of hydrogen-bond acceptors (Lipinski definition) is 3. The Hall–Kier alpha value is -2.56. The number of aromatic hydroxyl groups is 1. The van der Waals surface area contributed by atoms with Gasteiger partial charge in [0.15, 0.2) is 0 Å². The van der Waals surface area contributed by atoms with Gasteiger partial charge in [-0.3, -0.25) is 14.0 Å². The van der Waals surface area contributed by atoms with Crippen LogP contribution < -0.4 is 5.56 Å². The van der Waals surface area contributed by atoms with Gasteiger partial charge < -0.3 is 5.11 Å². The van der Waals surface area contributed by atoms with E-state index in [0.29, 0.717) is 16.6 Å². The predicted molar refractivity (Wildman–Crippen MR) is 77.8 cm³/mol. The average molecular weight is 269 g/mol. The summed E-state index contributed by atoms with van der Waals surface area (Å²) in [7, 11) is 3.43. The van der Waals surface area contributed by atoms with E-state index < -0.39 is 0 Å². The van der Waals surface area contributed by atoms with Crippen molar-refractivity contribution in [2.75, 3.05) is 0 Å². The van der Waals surface area contributed by atoms with Gasteiger partial charge >= 0.3 is 0 Å². The number of benzene rings is 1. The van der Waals surface area contributed by atoms with E-state index in [1.165, 1.54) is 4.57 Å². The van der Waals surface area contributed by atoms with Gasteiger partial charge in [0.1, 0.15) is 11.4 Å². The van der Waals surface area contributed by atoms with Crippen molar-refractivity contribution in [3.63, 3.8) is 0 Å². The summed E-state index contributed by atoms with van der Waals surface area (Å²) in [5.41, 5.74) is 2.39. The van der Waals surface area contributed by atoms with Gasteiger partial charge in [0.25, 0.3) is 5.56 Å². The molecule has 0 aliphatic heterocycles. The van der Waals surface area contributed by atoms with Crippen LogP contribution in [0.15, 0.2) is 35.3 Å². The van der Waals surface area contributed by atoms with Crippen molar-refractivity contribution in [3.05, 3.63) is 46.4 Å². The van der Waals surface area contributed by atoms with Crippen LogP contribution >= 0.6 is 0 Å². The zero-order valence-corrected chi connectivity index (χ0v) is 11.6. The van der Waals surface area contributed by atoms with Crippen molar-refractivity contribution >= 4 is 11.0 Å². The fourth-order valence-corrected chi connectivity index (χ4v) is 2.59. The van der Waals surface area contributed by atoms with E-state index in [1.54, 1.807) is 25.0 Å². The second-order valence-electron chi connectivity index (χ2n) is 4.91. The first-order chi connectivity index (χ1) is 9.52. The molecule has 0 unspecified atom stereocenters. The highest BCUT2D eigenvalue weighted by atomic mass is 16.3. The molecule has 5 nitrogen and oxygen atoms in total. The number of pyridine rings is 1. The molecule has 0 saturated carbocycles. The van der Waals surface area contributed by atoms with Crippen LogP contribution in [0.1, 0.15) is 5.56 Å². The van der Waals surface area contributed by atoms with Gasteiger partial charge in [-0.1, -0.05) is 24.3 Å². The van der Waals surface area contributed by atoms with Crippen LogP contribution in [0.25, 0.3) is 22.2 Å². The Morgan fingerprint density at radius 2 is 1.90 bits per heavy atom. The maximum absolute atomic E-state index is 12.6. The molecule has 2 aromatic heterocycles. The molecule has 0 saturated heterocycles. The van der Waals surface area contributed by atoms with E-state index in [-0.39, 0.29) is 11.3 Å². The molecule has 0 radical (unpaired) electrons. The second kappa shape index (κ2) is 4.23. The lowest BCUT2D eigenvalue weighted by Crippen LogP contribution is -2.20. The molecule has 5 heteroatoms. The van der Waals surface area contributed by atoms with E-state index in [9.17, 15) is 9.90 Å². The molecule has 2 heterocycles. The van der Waals surface area contributed by atoms with Gasteiger partial charge in [0.2, 0.25) is 0 Å². The highest BCUT2D eigenvalue weighted by Gasteiger charge is 2.19. The molecule has 20 heavy (non-hydrogen) atoms. The molecule has 0 amide bonds. The third kappa shape index (κ3) is 1.56. The summed E-state index contributed by atoms with van der Waals surface area (Å²) in [6.07, 6.45) is 1.58. The number of nitrogens with zero attached hydrogens (tertiary/aromatic N) is 3. The third-order valence-corrected chi connectivity index (χ3v) is 3.65. The van der Waals surface area contributed by atoms with Gasteiger partial charge in [0.05, 0.1) is 17.1 Å². The fourth-order valence-electron chi connectivity index (χ4n) is 2.59. The van der Waals surface area contributed by atoms with Gasteiger partial charge in [-0.05, 0) is 18.1 Å². The van der Waals surface area contributed by atoms with Crippen molar-refractivity contribution in [1.29, 1.82) is 0 Å². The Labute approximate surface area is 115 Å². The summed E-state index contributed by atoms with van der Waals surface area (Å²) < 4.78 is 3.10. The molecule has 102 valence electrons. The first-order valence-electron chi connectivity index (χ1n) is 6.32. The molecule has 0 aliphatic rings. The lowest BCUT2D eigenvalue weighted by atomic mass is 10.00. The van der Waals surface area contributed by atoms with E-state index in [1.807, 2.05) is 31.2 Å². The Morgan fingerprint density at radius 3 is 2.60 bits per heavy atom. The molecule has 3 aromatic rings. The summed E-state index contributed by atoms with van der Waals surface area (Å²) in [4.78, 5) is 12.6. The van der Waals surface area contributed by atoms with Gasteiger partial charge in [-0.2, -0.15) is 5.10 Å². The third-order valence-electron chi connectivity index (χ3n) is 3.65. The SMILES string of the molecule is Cc1ccccc1-c1c(O)c2cnn(C)c2n(C)c1=O. The number of aryl methyl sites for hydroxylation is 3. The molecule has 1 N–H and O–H groups in total. The smallest absolute Gasteiger partial charge is 0.263 e. The average Bonchev–Trinajstić information content (AvgIpc) is 2.81. The highest BCUT2D eigenvalue weighted by molar-refractivity contribution is 5.90. The van der Waals surface area contributed by atoms with Gasteiger partial charge in [-0.25, -0.2) is 0 Å². The first kappa shape index (κ1) is 12.5. The molecule has 3 rings (SSSR count). The van der Waals surface area contributed by atoms with Crippen LogP contribution in [-0.4, -0.2) is 19.5 Å². The molecule has 0 bridgehead atoms. The Morgan fingerprint density at radius 1 is 1.20 bits per heavy atom. The minimum absolute atomic E-state index is 0.00880. The largest absolute Gasteiger partial charge is 0.506 e. The predicted octanol–water partition coefficient (Wildman–Crippen LogP) is 1.95. The summed E-state index contributed by atoms with van der Waals surface area (Å²) in [5, 5.41) is 15.2. The number of aromatic nitrogens is 3. The minimum Gasteiger partial charge on any atom is -0.506 e. The maximum Gasteiger partial charge on any atom is 0.263 e. The zero-order chi connectivity index (χ0) is 14.4. The van der Waals surface area contributed by atoms with Gasteiger partial charge in [-0.15, -0.1) is 0 Å². The van der Waals surface area contributed by atoms with Crippen LogP contribution in [0.4, 0.5) is 0 Å². The van der Waals surface area contributed by atoms with E-state index in [4.69, 9.17) is 0 Å². The van der Waals surface area contributed by atoms with E-state index >= 15 is 0 Å². The van der Waals surface area contributed by atoms with Crippen LogP contribution in [-0.2, 0) is 14.1 Å². The van der Waals surface area contributed by atoms with Crippen molar-refractivity contribution in [3.8, 4) is 16.9 Å². The Kier molecular flexibility index (Phi) is 2.64. The molecule has 0 aliphatic carbocycles. The summed E-state index contributed by atoms with van der Waals surface area (Å²) in [6, 6.07) is 7.52. The topological polar surface area (TPSA) is 60.1 Å². The lowest BCUT2D eigenvalue weighted by molar-refractivity contribution is 0.481. The van der Waals surface area contributed by atoms with Crippen molar-refractivity contribution in [1.82, 2.24) is 14.3 Å². The van der Waals surface area contributed by atoms with Crippen LogP contribution in [0, 0.1) is 6.92 Å². The molecule has 0 atom stereocenters. The van der Waals surface area contributed by atoms with Crippen molar-refractivity contribution < 1.29 is 5.11 Å². The van der Waals surface area contributed by atoms with E-state index in [0.717, 1.165) is 11.1 Å². The molecule has 0 spiro atoms. The molecule has 0 fully saturated rings. The van der Waals surface area contributed by atoms with Crippen LogP contribution in [0.2, 0.25) is 0 Å². The quantitative estimate of drug-likeness (QED) is 0.734. The van der Waals surface area contributed by atoms with Crippen molar-refractivity contribution in [2.24, 2.45) is 14.1 Å². The Bertz CT molecular complexity index is 875. The summed E-state index contributed by atoms with van der Waals surface area (Å²) in [5.74, 6) is -0.00880. The molecule has 1 aromatic carbocycles. The number of rotatable bonds is 1. The zero-order valence-electron chi connectivity index (χ0n) is 11.6. The summed E-state index contributed by atoms with van der Waals surface area (Å²) >= 11 is 0. The first-order valence-corrected chi connectivity index (χ1v) is 6.32. The summed E-state index contributed by atoms with van der Waals surface area (Å²) in [6.45, 7) is 1.92. The molecular formula is C15H15N3O2. The highest BCUT2D eigenvalue weighted by Crippen LogP contribution is 2.33. The minimum atomic E-state index is -0.229. The number of fused-ring (bicyclic) bond motifs is 1. The van der Waals surface area contributed by atoms with E-state index in [2.05, 4.69) is 5.10 Å². The monoisotopic (exact) mass is 269 g/mol. The molecular weight excluding hydrogens is 254 g/mol.